The van der Waals surface area contributed by atoms with E-state index >= 15 is 0 Å². The highest BCUT2D eigenvalue weighted by atomic mass is 79.9. The van der Waals surface area contributed by atoms with E-state index < -0.39 is 22.0 Å². The molecular weight excluding hydrogens is 320 g/mol. The average molecular weight is 333 g/mol. The van der Waals surface area contributed by atoms with Gasteiger partial charge in [-0.3, -0.25) is 4.79 Å². The number of nitrogens with two attached hydrogens (primary N) is 1. The summed E-state index contributed by atoms with van der Waals surface area (Å²) in [6, 6.07) is 5.81. The quantitative estimate of drug-likeness (QED) is 0.899. The summed E-state index contributed by atoms with van der Waals surface area (Å²) >= 11 is 3.21. The number of nitrogens with zero attached hydrogens (tertiary/aromatic N) is 1. The van der Waals surface area contributed by atoms with Gasteiger partial charge in [-0.15, -0.1) is 0 Å². The maximum Gasteiger partial charge on any atom is 0.244 e. The van der Waals surface area contributed by atoms with Crippen LogP contribution in [0.4, 0.5) is 0 Å². The number of hydrogen-bond acceptors (Lipinski definition) is 3. The van der Waals surface area contributed by atoms with E-state index in [2.05, 4.69) is 15.9 Å². The summed E-state index contributed by atoms with van der Waals surface area (Å²) < 4.78 is 26.6. The minimum absolute atomic E-state index is 0.165. The molecule has 98 valence electrons. The van der Waals surface area contributed by atoms with E-state index in [4.69, 9.17) is 5.73 Å². The van der Waals surface area contributed by atoms with Gasteiger partial charge in [-0.05, 0) is 40.9 Å². The van der Waals surface area contributed by atoms with Crippen molar-refractivity contribution in [3.8, 4) is 0 Å². The smallest absolute Gasteiger partial charge is 0.244 e. The summed E-state index contributed by atoms with van der Waals surface area (Å²) in [7, 11) is -3.68. The number of hydrogen-bond donors (Lipinski definition) is 1. The second-order valence-corrected chi connectivity index (χ2v) is 6.82. The van der Waals surface area contributed by atoms with Gasteiger partial charge in [0.05, 0.1) is 4.90 Å². The third-order valence-electron chi connectivity index (χ3n) is 2.96. The molecule has 1 aromatic rings. The molecule has 0 spiro atoms. The lowest BCUT2D eigenvalue weighted by molar-refractivity contribution is -0.121. The number of sulfonamides is 1. The Bertz CT molecular complexity index is 573. The van der Waals surface area contributed by atoms with Crippen LogP contribution in [0.1, 0.15) is 12.8 Å². The van der Waals surface area contributed by atoms with Gasteiger partial charge in [-0.25, -0.2) is 8.42 Å². The molecule has 2 rings (SSSR count). The Kier molecular flexibility index (Phi) is 3.74. The molecule has 1 aliphatic rings. The summed E-state index contributed by atoms with van der Waals surface area (Å²) in [6.07, 6.45) is 1.14. The normalized spacial score (nSPS) is 21.1. The zero-order valence-corrected chi connectivity index (χ0v) is 11.9. The lowest BCUT2D eigenvalue weighted by Gasteiger charge is -2.22. The van der Waals surface area contributed by atoms with Crippen LogP contribution in [0.2, 0.25) is 0 Å². The third kappa shape index (κ3) is 2.30. The molecule has 5 nitrogen and oxygen atoms in total. The second-order valence-electron chi connectivity index (χ2n) is 4.11. The molecule has 0 unspecified atom stereocenters. The lowest BCUT2D eigenvalue weighted by atomic mass is 10.2. The zero-order valence-electron chi connectivity index (χ0n) is 9.54. The standard InChI is InChI=1S/C11H13BrN2O3S/c12-8-4-1-2-6-10(8)18(16,17)14-7-3-5-9(14)11(13)15/h1-2,4,6,9H,3,5,7H2,(H2,13,15)/t9-/m0/s1. The molecule has 1 aliphatic heterocycles. The first-order chi connectivity index (χ1) is 8.44. The monoisotopic (exact) mass is 332 g/mol. The van der Waals surface area contributed by atoms with Crippen LogP contribution in [0, 0.1) is 0 Å². The van der Waals surface area contributed by atoms with Crippen molar-refractivity contribution in [2.75, 3.05) is 6.54 Å². The number of halogens is 1. The maximum absolute atomic E-state index is 12.5. The fraction of sp³-hybridized carbons (Fsp3) is 0.364. The SMILES string of the molecule is NC(=O)[C@@H]1CCCN1S(=O)(=O)c1ccccc1Br. The molecule has 0 aliphatic carbocycles. The summed E-state index contributed by atoms with van der Waals surface area (Å²) in [5, 5.41) is 0. The van der Waals surface area contributed by atoms with E-state index in [1.54, 1.807) is 18.2 Å². The molecule has 2 N–H and O–H groups in total. The Labute approximate surface area is 114 Å². The Morgan fingerprint density at radius 3 is 2.67 bits per heavy atom. The van der Waals surface area contributed by atoms with Crippen LogP contribution in [-0.4, -0.2) is 31.2 Å². The van der Waals surface area contributed by atoms with Crippen LogP contribution in [0.15, 0.2) is 33.6 Å². The van der Waals surface area contributed by atoms with Crippen molar-refractivity contribution in [2.45, 2.75) is 23.8 Å². The molecule has 0 saturated carbocycles. The Morgan fingerprint density at radius 1 is 1.39 bits per heavy atom. The minimum atomic E-state index is -3.68. The van der Waals surface area contributed by atoms with Gasteiger partial charge in [0, 0.05) is 11.0 Å². The van der Waals surface area contributed by atoms with Crippen molar-refractivity contribution in [2.24, 2.45) is 5.73 Å². The van der Waals surface area contributed by atoms with Crippen LogP contribution in [0.3, 0.4) is 0 Å². The van der Waals surface area contributed by atoms with Crippen molar-refractivity contribution in [1.82, 2.24) is 4.31 Å². The van der Waals surface area contributed by atoms with Crippen molar-refractivity contribution < 1.29 is 13.2 Å². The highest BCUT2D eigenvalue weighted by molar-refractivity contribution is 9.10. The summed E-state index contributed by atoms with van der Waals surface area (Å²) in [4.78, 5) is 11.4. The lowest BCUT2D eigenvalue weighted by Crippen LogP contribution is -2.43. The Morgan fingerprint density at radius 2 is 2.06 bits per heavy atom. The Balaban J connectivity index is 2.43. The number of primary amides is 1. The van der Waals surface area contributed by atoms with Gasteiger partial charge in [-0.1, -0.05) is 12.1 Å². The first-order valence-corrected chi connectivity index (χ1v) is 7.73. The van der Waals surface area contributed by atoms with Crippen LogP contribution in [0.5, 0.6) is 0 Å². The summed E-state index contributed by atoms with van der Waals surface area (Å²) in [5.74, 6) is -0.594. The number of benzene rings is 1. The van der Waals surface area contributed by atoms with E-state index in [1.807, 2.05) is 0 Å². The number of carbonyl (C=O) groups excluding carboxylic acids is 1. The van der Waals surface area contributed by atoms with Crippen molar-refractivity contribution >= 4 is 31.9 Å². The van der Waals surface area contributed by atoms with Crippen molar-refractivity contribution in [3.05, 3.63) is 28.7 Å². The van der Waals surface area contributed by atoms with Crippen LogP contribution in [0.25, 0.3) is 0 Å². The molecule has 1 aromatic carbocycles. The second kappa shape index (κ2) is 4.99. The van der Waals surface area contributed by atoms with Gasteiger partial charge in [0.15, 0.2) is 0 Å². The molecule has 7 heteroatoms. The molecular formula is C11H13BrN2O3S. The number of rotatable bonds is 3. The first kappa shape index (κ1) is 13.5. The van der Waals surface area contributed by atoms with Gasteiger partial charge in [-0.2, -0.15) is 4.31 Å². The zero-order chi connectivity index (χ0) is 13.3. The fourth-order valence-corrected chi connectivity index (χ4v) is 4.72. The fourth-order valence-electron chi connectivity index (χ4n) is 2.09. The van der Waals surface area contributed by atoms with E-state index in [9.17, 15) is 13.2 Å². The van der Waals surface area contributed by atoms with Gasteiger partial charge in [0.1, 0.15) is 6.04 Å². The molecule has 1 heterocycles. The summed E-state index contributed by atoms with van der Waals surface area (Å²) in [6.45, 7) is 0.331. The van der Waals surface area contributed by atoms with Crippen molar-refractivity contribution in [1.29, 1.82) is 0 Å². The largest absolute Gasteiger partial charge is 0.368 e. The van der Waals surface area contributed by atoms with Gasteiger partial charge in [0.25, 0.3) is 0 Å². The minimum Gasteiger partial charge on any atom is -0.368 e. The molecule has 1 saturated heterocycles. The molecule has 18 heavy (non-hydrogen) atoms. The van der Waals surface area contributed by atoms with Gasteiger partial charge >= 0.3 is 0 Å². The molecule has 1 fully saturated rings. The van der Waals surface area contributed by atoms with Gasteiger partial charge in [0.2, 0.25) is 15.9 Å². The predicted octanol–water partition coefficient (Wildman–Crippen LogP) is 1.09. The molecule has 0 radical (unpaired) electrons. The molecule has 0 bridgehead atoms. The predicted molar refractivity (Wildman–Crippen MR) is 70.3 cm³/mol. The molecule has 0 aromatic heterocycles. The number of carbonyl (C=O) groups is 1. The van der Waals surface area contributed by atoms with Crippen molar-refractivity contribution in [3.63, 3.8) is 0 Å². The summed E-state index contributed by atoms with van der Waals surface area (Å²) in [5.41, 5.74) is 5.24. The topological polar surface area (TPSA) is 80.5 Å². The maximum atomic E-state index is 12.5. The van der Waals surface area contributed by atoms with E-state index in [0.29, 0.717) is 23.9 Å². The van der Waals surface area contributed by atoms with E-state index in [1.165, 1.54) is 10.4 Å². The van der Waals surface area contributed by atoms with Crippen LogP contribution >= 0.6 is 15.9 Å². The first-order valence-electron chi connectivity index (χ1n) is 5.50. The van der Waals surface area contributed by atoms with Crippen LogP contribution < -0.4 is 5.73 Å². The van der Waals surface area contributed by atoms with Gasteiger partial charge < -0.3 is 5.73 Å². The highest BCUT2D eigenvalue weighted by Gasteiger charge is 2.38. The van der Waals surface area contributed by atoms with E-state index in [0.717, 1.165) is 0 Å². The average Bonchev–Trinajstić information content (AvgIpc) is 2.78. The van der Waals surface area contributed by atoms with E-state index in [-0.39, 0.29) is 4.90 Å². The highest BCUT2D eigenvalue weighted by Crippen LogP contribution is 2.29. The van der Waals surface area contributed by atoms with Crippen LogP contribution in [-0.2, 0) is 14.8 Å². The number of amides is 1. The molecule has 1 amide bonds. The molecule has 1 atom stereocenters. The Hall–Kier alpha value is -0.920. The third-order valence-corrected chi connectivity index (χ3v) is 5.88.